The minimum atomic E-state index is -0.249. The van der Waals surface area contributed by atoms with Gasteiger partial charge in [-0.1, -0.05) is 25.1 Å². The number of carbonyl (C=O) groups is 1. The van der Waals surface area contributed by atoms with Crippen molar-refractivity contribution in [2.75, 3.05) is 5.32 Å². The molecule has 1 aliphatic carbocycles. The molecule has 0 radical (unpaired) electrons. The van der Waals surface area contributed by atoms with Crippen molar-refractivity contribution in [3.05, 3.63) is 50.9 Å². The van der Waals surface area contributed by atoms with Crippen molar-refractivity contribution < 1.29 is 4.79 Å². The highest BCUT2D eigenvalue weighted by molar-refractivity contribution is 7.15. The fourth-order valence-electron chi connectivity index (χ4n) is 3.22. The van der Waals surface area contributed by atoms with E-state index in [9.17, 15) is 9.59 Å². The second-order valence-corrected chi connectivity index (χ2v) is 7.59. The number of carbonyl (C=O) groups excluding carboxylic acids is 1. The Kier molecular flexibility index (Phi) is 4.09. The van der Waals surface area contributed by atoms with Gasteiger partial charge in [0.25, 0.3) is 5.56 Å². The van der Waals surface area contributed by atoms with Gasteiger partial charge in [0.15, 0.2) is 5.13 Å². The van der Waals surface area contributed by atoms with E-state index < -0.39 is 0 Å². The molecular weight excluding hydrogens is 336 g/mol. The van der Waals surface area contributed by atoms with Gasteiger partial charge in [0, 0.05) is 10.3 Å². The number of rotatable bonds is 3. The van der Waals surface area contributed by atoms with E-state index in [1.54, 1.807) is 23.5 Å². The maximum absolute atomic E-state index is 12.4. The van der Waals surface area contributed by atoms with Gasteiger partial charge in [0.1, 0.15) is 0 Å². The average Bonchev–Trinajstić information content (AvgIpc) is 2.99. The molecule has 6 nitrogen and oxygen atoms in total. The summed E-state index contributed by atoms with van der Waals surface area (Å²) in [5.41, 5.74) is 1.43. The van der Waals surface area contributed by atoms with Crippen LogP contribution in [-0.2, 0) is 24.1 Å². The van der Waals surface area contributed by atoms with E-state index in [0.717, 1.165) is 25.0 Å². The third kappa shape index (κ3) is 3.19. The zero-order valence-corrected chi connectivity index (χ0v) is 14.7. The standard InChI is InChI=1S/C18H18N4O2S/c1-10-6-7-13-15(8-10)25-18(19-13)20-16(23)9-14-11-4-2-3-5-12(11)17(24)22-21-14/h2-5,10H,6-9H2,1H3,(H,22,24)(H,19,20,23)/t10-/m0/s1. The van der Waals surface area contributed by atoms with Gasteiger partial charge in [-0.15, -0.1) is 11.3 Å². The number of aromatic nitrogens is 3. The van der Waals surface area contributed by atoms with Gasteiger partial charge in [-0.2, -0.15) is 5.10 Å². The van der Waals surface area contributed by atoms with E-state index in [1.165, 1.54) is 4.88 Å². The number of fused-ring (bicyclic) bond motifs is 2. The number of nitrogens with one attached hydrogen (secondary N) is 2. The van der Waals surface area contributed by atoms with Crippen molar-refractivity contribution in [1.82, 2.24) is 15.2 Å². The fraction of sp³-hybridized carbons (Fsp3) is 0.333. The Morgan fingerprint density at radius 2 is 2.16 bits per heavy atom. The molecule has 0 unspecified atom stereocenters. The third-order valence-electron chi connectivity index (χ3n) is 4.54. The molecule has 1 aromatic carbocycles. The molecular formula is C18H18N4O2S. The molecule has 3 aromatic rings. The minimum absolute atomic E-state index is 0.0952. The molecule has 1 aliphatic rings. The van der Waals surface area contributed by atoms with Crippen LogP contribution in [0.1, 0.15) is 29.6 Å². The molecule has 0 bridgehead atoms. The Bertz CT molecular complexity index is 1010. The lowest BCUT2D eigenvalue weighted by atomic mass is 9.93. The lowest BCUT2D eigenvalue weighted by Gasteiger charge is -2.15. The Labute approximate surface area is 148 Å². The van der Waals surface area contributed by atoms with E-state index >= 15 is 0 Å². The summed E-state index contributed by atoms with van der Waals surface area (Å²) in [6.07, 6.45) is 3.26. The van der Waals surface area contributed by atoms with Crippen LogP contribution in [0.2, 0.25) is 0 Å². The predicted molar refractivity (Wildman–Crippen MR) is 98.0 cm³/mol. The van der Waals surface area contributed by atoms with Gasteiger partial charge < -0.3 is 5.32 Å². The van der Waals surface area contributed by atoms with E-state index in [1.807, 2.05) is 12.1 Å². The van der Waals surface area contributed by atoms with Gasteiger partial charge in [0.2, 0.25) is 5.91 Å². The maximum atomic E-state index is 12.4. The monoisotopic (exact) mass is 354 g/mol. The molecule has 2 N–H and O–H groups in total. The number of anilines is 1. The van der Waals surface area contributed by atoms with Crippen LogP contribution in [0.3, 0.4) is 0 Å². The maximum Gasteiger partial charge on any atom is 0.272 e. The van der Waals surface area contributed by atoms with Gasteiger partial charge in [-0.05, 0) is 31.2 Å². The molecule has 128 valence electrons. The van der Waals surface area contributed by atoms with E-state index in [0.29, 0.717) is 27.5 Å². The molecule has 0 saturated carbocycles. The Balaban J connectivity index is 1.54. The molecule has 0 aliphatic heterocycles. The number of hydrogen-bond donors (Lipinski definition) is 2. The number of amides is 1. The first-order valence-corrected chi connectivity index (χ1v) is 9.16. The summed E-state index contributed by atoms with van der Waals surface area (Å²) in [5.74, 6) is 0.497. The van der Waals surface area contributed by atoms with Crippen molar-refractivity contribution in [2.24, 2.45) is 5.92 Å². The smallest absolute Gasteiger partial charge is 0.272 e. The largest absolute Gasteiger partial charge is 0.302 e. The average molecular weight is 354 g/mol. The molecule has 1 amide bonds. The van der Waals surface area contributed by atoms with Gasteiger partial charge >= 0.3 is 0 Å². The van der Waals surface area contributed by atoms with Crippen molar-refractivity contribution in [1.29, 1.82) is 0 Å². The van der Waals surface area contributed by atoms with E-state index in [4.69, 9.17) is 0 Å². The predicted octanol–water partition coefficient (Wildman–Crippen LogP) is 2.69. The van der Waals surface area contributed by atoms with Crippen molar-refractivity contribution in [3.63, 3.8) is 0 Å². The van der Waals surface area contributed by atoms with Crippen LogP contribution in [0.25, 0.3) is 10.8 Å². The summed E-state index contributed by atoms with van der Waals surface area (Å²) in [7, 11) is 0. The van der Waals surface area contributed by atoms with Crippen LogP contribution in [0.5, 0.6) is 0 Å². The quantitative estimate of drug-likeness (QED) is 0.757. The second-order valence-electron chi connectivity index (χ2n) is 6.51. The van der Waals surface area contributed by atoms with Crippen LogP contribution in [-0.4, -0.2) is 21.1 Å². The van der Waals surface area contributed by atoms with Crippen LogP contribution in [0.4, 0.5) is 5.13 Å². The van der Waals surface area contributed by atoms with Crippen LogP contribution < -0.4 is 10.9 Å². The number of H-pyrrole nitrogens is 1. The Hall–Kier alpha value is -2.54. The highest BCUT2D eigenvalue weighted by Gasteiger charge is 2.20. The van der Waals surface area contributed by atoms with Gasteiger partial charge in [0.05, 0.1) is 23.2 Å². The number of aryl methyl sites for hydroxylation is 1. The number of thiazole rings is 1. The lowest BCUT2D eigenvalue weighted by molar-refractivity contribution is -0.115. The molecule has 2 heterocycles. The number of nitrogens with zero attached hydrogens (tertiary/aromatic N) is 2. The summed E-state index contributed by atoms with van der Waals surface area (Å²) in [6.45, 7) is 2.24. The molecule has 0 spiro atoms. The third-order valence-corrected chi connectivity index (χ3v) is 5.57. The SMILES string of the molecule is C[C@H]1CCc2nc(NC(=O)Cc3n[nH]c(=O)c4ccccc34)sc2C1. The molecule has 7 heteroatoms. The summed E-state index contributed by atoms with van der Waals surface area (Å²) >= 11 is 1.56. The molecule has 0 saturated heterocycles. The molecule has 0 fully saturated rings. The topological polar surface area (TPSA) is 87.7 Å². The summed E-state index contributed by atoms with van der Waals surface area (Å²) < 4.78 is 0. The van der Waals surface area contributed by atoms with Crippen molar-refractivity contribution >= 4 is 33.1 Å². The van der Waals surface area contributed by atoms with Crippen LogP contribution in [0, 0.1) is 5.92 Å². The first kappa shape index (κ1) is 16.0. The number of benzene rings is 1. The normalized spacial score (nSPS) is 16.6. The number of hydrogen-bond acceptors (Lipinski definition) is 5. The number of aromatic amines is 1. The second kappa shape index (κ2) is 6.40. The highest BCUT2D eigenvalue weighted by atomic mass is 32.1. The Morgan fingerprint density at radius 1 is 1.36 bits per heavy atom. The lowest BCUT2D eigenvalue weighted by Crippen LogP contribution is -2.18. The minimum Gasteiger partial charge on any atom is -0.302 e. The van der Waals surface area contributed by atoms with Gasteiger partial charge in [-0.25, -0.2) is 10.1 Å². The summed E-state index contributed by atoms with van der Waals surface area (Å²) in [5, 5.41) is 11.3. The summed E-state index contributed by atoms with van der Waals surface area (Å²) in [6, 6.07) is 7.17. The summed E-state index contributed by atoms with van der Waals surface area (Å²) in [4.78, 5) is 30.1. The van der Waals surface area contributed by atoms with E-state index in [-0.39, 0.29) is 17.9 Å². The highest BCUT2D eigenvalue weighted by Crippen LogP contribution is 2.32. The van der Waals surface area contributed by atoms with Gasteiger partial charge in [-0.3, -0.25) is 9.59 Å². The first-order chi connectivity index (χ1) is 12.1. The molecule has 25 heavy (non-hydrogen) atoms. The first-order valence-electron chi connectivity index (χ1n) is 8.35. The van der Waals surface area contributed by atoms with Crippen LogP contribution >= 0.6 is 11.3 Å². The zero-order chi connectivity index (χ0) is 17.4. The van der Waals surface area contributed by atoms with Crippen molar-refractivity contribution in [3.8, 4) is 0 Å². The fourth-order valence-corrected chi connectivity index (χ4v) is 4.40. The van der Waals surface area contributed by atoms with Crippen molar-refractivity contribution in [2.45, 2.75) is 32.6 Å². The zero-order valence-electron chi connectivity index (χ0n) is 13.8. The Morgan fingerprint density at radius 3 is 3.00 bits per heavy atom. The molecule has 4 rings (SSSR count). The van der Waals surface area contributed by atoms with Crippen LogP contribution in [0.15, 0.2) is 29.1 Å². The van der Waals surface area contributed by atoms with E-state index in [2.05, 4.69) is 27.4 Å². The molecule has 1 atom stereocenters. The molecule has 2 aromatic heterocycles.